The number of nitrogens with one attached hydrogen (secondary N) is 1. The Morgan fingerprint density at radius 2 is 2.00 bits per heavy atom. The van der Waals surface area contributed by atoms with Gasteiger partial charge in [-0.15, -0.1) is 0 Å². The predicted molar refractivity (Wildman–Crippen MR) is 82.3 cm³/mol. The van der Waals surface area contributed by atoms with Gasteiger partial charge >= 0.3 is 0 Å². The van der Waals surface area contributed by atoms with Crippen LogP contribution in [-0.2, 0) is 10.0 Å². The minimum absolute atomic E-state index is 0.473. The molecule has 0 aromatic rings. The van der Waals surface area contributed by atoms with Crippen molar-refractivity contribution in [3.63, 3.8) is 0 Å². The summed E-state index contributed by atoms with van der Waals surface area (Å²) in [5.41, 5.74) is 0. The number of likely N-dealkylation sites (tertiary alicyclic amines) is 1. The molecule has 2 aliphatic heterocycles. The van der Waals surface area contributed by atoms with Crippen molar-refractivity contribution in [3.05, 3.63) is 0 Å². The molecule has 2 rings (SSSR count). The maximum absolute atomic E-state index is 12.7. The molecule has 0 aromatic carbocycles. The predicted octanol–water partition coefficient (Wildman–Crippen LogP) is 0.730. The zero-order valence-electron chi connectivity index (χ0n) is 13.2. The summed E-state index contributed by atoms with van der Waals surface area (Å²) in [5, 5.41) is 3.24. The Balaban J connectivity index is 2.05. The van der Waals surface area contributed by atoms with E-state index in [1.807, 2.05) is 13.8 Å². The zero-order valence-corrected chi connectivity index (χ0v) is 14.0. The average Bonchev–Trinajstić information content (AvgIpc) is 2.77. The molecule has 20 heavy (non-hydrogen) atoms. The molecule has 0 radical (unpaired) electrons. The van der Waals surface area contributed by atoms with Crippen LogP contribution in [0.1, 0.15) is 34.1 Å². The van der Waals surface area contributed by atoms with Crippen LogP contribution in [0.15, 0.2) is 0 Å². The fourth-order valence-electron chi connectivity index (χ4n) is 3.11. The van der Waals surface area contributed by atoms with Crippen molar-refractivity contribution in [2.75, 3.05) is 39.3 Å². The Kier molecular flexibility index (Phi) is 4.79. The van der Waals surface area contributed by atoms with E-state index in [4.69, 9.17) is 0 Å². The monoisotopic (exact) mass is 303 g/mol. The maximum atomic E-state index is 12.7. The van der Waals surface area contributed by atoms with E-state index < -0.39 is 14.8 Å². The third kappa shape index (κ3) is 3.18. The van der Waals surface area contributed by atoms with Gasteiger partial charge in [-0.1, -0.05) is 0 Å². The van der Waals surface area contributed by atoms with Crippen molar-refractivity contribution >= 4 is 10.0 Å². The summed E-state index contributed by atoms with van der Waals surface area (Å²) in [6, 6.07) is 0.554. The second kappa shape index (κ2) is 5.91. The normalized spacial score (nSPS) is 31.6. The molecule has 0 spiro atoms. The third-order valence-corrected chi connectivity index (χ3v) is 7.19. The van der Waals surface area contributed by atoms with Crippen LogP contribution in [0, 0.1) is 5.92 Å². The van der Waals surface area contributed by atoms with Crippen LogP contribution in [0.3, 0.4) is 0 Å². The minimum Gasteiger partial charge on any atom is -0.314 e. The summed E-state index contributed by atoms with van der Waals surface area (Å²) >= 11 is 0. The van der Waals surface area contributed by atoms with E-state index in [-0.39, 0.29) is 0 Å². The van der Waals surface area contributed by atoms with Gasteiger partial charge in [0, 0.05) is 38.8 Å². The summed E-state index contributed by atoms with van der Waals surface area (Å²) in [5.74, 6) is 0.473. The van der Waals surface area contributed by atoms with Crippen LogP contribution in [-0.4, -0.2) is 67.7 Å². The van der Waals surface area contributed by atoms with Gasteiger partial charge in [-0.05, 0) is 46.6 Å². The van der Waals surface area contributed by atoms with Crippen molar-refractivity contribution in [2.45, 2.75) is 44.9 Å². The van der Waals surface area contributed by atoms with E-state index in [2.05, 4.69) is 24.1 Å². The zero-order chi connectivity index (χ0) is 15.0. The van der Waals surface area contributed by atoms with E-state index >= 15 is 0 Å². The lowest BCUT2D eigenvalue weighted by molar-refractivity contribution is 0.255. The van der Waals surface area contributed by atoms with E-state index in [0.29, 0.717) is 31.6 Å². The molecular formula is C14H29N3O2S. The number of hydrogen-bond acceptors (Lipinski definition) is 4. The van der Waals surface area contributed by atoms with Gasteiger partial charge in [0.1, 0.15) is 0 Å². The molecule has 0 saturated carbocycles. The van der Waals surface area contributed by atoms with Gasteiger partial charge in [-0.25, -0.2) is 8.42 Å². The van der Waals surface area contributed by atoms with Gasteiger partial charge in [0.25, 0.3) is 0 Å². The first kappa shape index (κ1) is 16.2. The quantitative estimate of drug-likeness (QED) is 0.835. The van der Waals surface area contributed by atoms with Crippen LogP contribution in [0.2, 0.25) is 0 Å². The first-order valence-corrected chi connectivity index (χ1v) is 9.12. The fourth-order valence-corrected chi connectivity index (χ4v) is 4.83. The molecule has 6 heteroatoms. The van der Waals surface area contributed by atoms with E-state index in [1.165, 1.54) is 0 Å². The molecule has 2 saturated heterocycles. The van der Waals surface area contributed by atoms with Crippen LogP contribution >= 0.6 is 0 Å². The molecule has 2 aliphatic rings. The molecule has 118 valence electrons. The van der Waals surface area contributed by atoms with Crippen molar-refractivity contribution in [1.82, 2.24) is 14.5 Å². The lowest BCUT2D eigenvalue weighted by Crippen LogP contribution is -2.47. The Bertz CT molecular complexity index is 434. The van der Waals surface area contributed by atoms with Gasteiger partial charge in [0.15, 0.2) is 0 Å². The maximum Gasteiger partial charge on any atom is 0.220 e. The highest BCUT2D eigenvalue weighted by molar-refractivity contribution is 7.90. The lowest BCUT2D eigenvalue weighted by atomic mass is 10.1. The molecule has 0 aromatic heterocycles. The molecule has 1 atom stereocenters. The van der Waals surface area contributed by atoms with E-state index in [9.17, 15) is 8.42 Å². The molecule has 1 N–H and O–H groups in total. The van der Waals surface area contributed by atoms with Gasteiger partial charge in [-0.3, -0.25) is 0 Å². The van der Waals surface area contributed by atoms with Crippen molar-refractivity contribution in [3.8, 4) is 0 Å². The standard InChI is InChI=1S/C14H29N3O2S/c1-12(2)16-7-5-13(9-16)10-17-8-6-15-11-14(3,4)20(17,18)19/h12-13,15H,5-11H2,1-4H3. The number of rotatable bonds is 3. The topological polar surface area (TPSA) is 52.6 Å². The van der Waals surface area contributed by atoms with Crippen LogP contribution < -0.4 is 5.32 Å². The van der Waals surface area contributed by atoms with Crippen LogP contribution in [0.5, 0.6) is 0 Å². The first-order valence-electron chi connectivity index (χ1n) is 7.68. The molecule has 2 fully saturated rings. The summed E-state index contributed by atoms with van der Waals surface area (Å²) in [6.45, 7) is 12.7. The molecule has 2 heterocycles. The molecule has 0 aliphatic carbocycles. The smallest absolute Gasteiger partial charge is 0.220 e. The second-order valence-corrected chi connectivity index (χ2v) is 9.61. The SMILES string of the molecule is CC(C)N1CCC(CN2CCNCC(C)(C)S2(=O)=O)C1. The summed E-state index contributed by atoms with van der Waals surface area (Å²) in [4.78, 5) is 2.44. The van der Waals surface area contributed by atoms with Crippen molar-refractivity contribution in [1.29, 1.82) is 0 Å². The van der Waals surface area contributed by atoms with Crippen LogP contribution in [0.25, 0.3) is 0 Å². The average molecular weight is 303 g/mol. The first-order chi connectivity index (χ1) is 9.24. The molecule has 5 nitrogen and oxygen atoms in total. The minimum atomic E-state index is -3.21. The molecule has 0 bridgehead atoms. The van der Waals surface area contributed by atoms with Crippen LogP contribution in [0.4, 0.5) is 0 Å². The Morgan fingerprint density at radius 3 is 2.60 bits per heavy atom. The molecular weight excluding hydrogens is 274 g/mol. The Labute approximate surface area is 123 Å². The Hall–Kier alpha value is -0.170. The Morgan fingerprint density at radius 1 is 1.30 bits per heavy atom. The van der Waals surface area contributed by atoms with Gasteiger partial charge in [-0.2, -0.15) is 4.31 Å². The fraction of sp³-hybridized carbons (Fsp3) is 1.00. The van der Waals surface area contributed by atoms with Crippen molar-refractivity contribution < 1.29 is 8.42 Å². The largest absolute Gasteiger partial charge is 0.314 e. The molecule has 0 amide bonds. The van der Waals surface area contributed by atoms with Crippen molar-refractivity contribution in [2.24, 2.45) is 5.92 Å². The summed E-state index contributed by atoms with van der Waals surface area (Å²) < 4.78 is 26.5. The highest BCUT2D eigenvalue weighted by Crippen LogP contribution is 2.26. The summed E-state index contributed by atoms with van der Waals surface area (Å²) in [7, 11) is -3.21. The summed E-state index contributed by atoms with van der Waals surface area (Å²) in [6.07, 6.45) is 1.11. The number of hydrogen-bond donors (Lipinski definition) is 1. The second-order valence-electron chi connectivity index (χ2n) is 7.04. The van der Waals surface area contributed by atoms with Gasteiger partial charge in [0.2, 0.25) is 10.0 Å². The number of nitrogens with zero attached hydrogens (tertiary/aromatic N) is 2. The highest BCUT2D eigenvalue weighted by atomic mass is 32.2. The highest BCUT2D eigenvalue weighted by Gasteiger charge is 2.42. The van der Waals surface area contributed by atoms with Gasteiger partial charge in [0.05, 0.1) is 4.75 Å². The number of sulfonamides is 1. The van der Waals surface area contributed by atoms with Gasteiger partial charge < -0.3 is 10.2 Å². The van der Waals surface area contributed by atoms with E-state index in [0.717, 1.165) is 26.1 Å². The molecule has 1 unspecified atom stereocenters. The third-order valence-electron chi connectivity index (χ3n) is 4.64. The lowest BCUT2D eigenvalue weighted by Gasteiger charge is -2.30. The van der Waals surface area contributed by atoms with E-state index in [1.54, 1.807) is 4.31 Å².